The lowest BCUT2D eigenvalue weighted by Crippen LogP contribution is -2.64. The van der Waals surface area contributed by atoms with Gasteiger partial charge in [0, 0.05) is 12.8 Å². The molecular weight excluding hydrogens is 467 g/mol. The summed E-state index contributed by atoms with van der Waals surface area (Å²) in [5.74, 6) is -1.19. The summed E-state index contributed by atoms with van der Waals surface area (Å²) in [6, 6.07) is 0. The van der Waals surface area contributed by atoms with Gasteiger partial charge in [0.1, 0.15) is 43.2 Å². The van der Waals surface area contributed by atoms with E-state index in [2.05, 4.69) is 0 Å². The van der Waals surface area contributed by atoms with Gasteiger partial charge >= 0.3 is 19.8 Å². The number of hydrogen-bond donors (Lipinski definition) is 6. The van der Waals surface area contributed by atoms with E-state index in [-0.39, 0.29) is 12.8 Å². The van der Waals surface area contributed by atoms with Crippen LogP contribution in [-0.2, 0) is 32.7 Å². The molecule has 1 aliphatic rings. The molecule has 194 valence electrons. The predicted molar refractivity (Wildman–Crippen MR) is 111 cm³/mol. The first-order valence-electron chi connectivity index (χ1n) is 10.8. The van der Waals surface area contributed by atoms with Crippen molar-refractivity contribution in [2.45, 2.75) is 95.1 Å². The molecule has 0 aromatic carbocycles. The van der Waals surface area contributed by atoms with E-state index >= 15 is 0 Å². The minimum absolute atomic E-state index is 0.0721. The smallest absolute Gasteiger partial charge is 0.462 e. The number of hydrogen-bond acceptors (Lipinski definition) is 12. The minimum Gasteiger partial charge on any atom is -0.462 e. The Hall–Kier alpha value is -1.15. The van der Waals surface area contributed by atoms with E-state index in [1.165, 1.54) is 0 Å². The molecule has 0 aliphatic heterocycles. The van der Waals surface area contributed by atoms with Crippen LogP contribution in [0.1, 0.15) is 52.4 Å². The number of carbonyl (C=O) groups excluding carboxylic acids is 2. The van der Waals surface area contributed by atoms with Crippen molar-refractivity contribution >= 4 is 19.8 Å². The number of aliphatic hydroxyl groups is 5. The van der Waals surface area contributed by atoms with Gasteiger partial charge < -0.3 is 39.9 Å². The second-order valence-electron chi connectivity index (χ2n) is 7.79. The number of rotatable bonds is 14. The van der Waals surface area contributed by atoms with Crippen molar-refractivity contribution in [3.8, 4) is 0 Å². The number of phosphoric acid groups is 1. The maximum absolute atomic E-state index is 12.3. The first-order valence-corrected chi connectivity index (χ1v) is 12.3. The SMILES string of the molecule is CCCCC(=O)OCC(COP(=O)(O)OC1C(O)C(O)C(O)C(O)C1O)OC(=O)CCCC. The van der Waals surface area contributed by atoms with Gasteiger partial charge in [0.2, 0.25) is 0 Å². The second-order valence-corrected chi connectivity index (χ2v) is 9.20. The van der Waals surface area contributed by atoms with Crippen LogP contribution in [0.15, 0.2) is 0 Å². The van der Waals surface area contributed by atoms with E-state index in [4.69, 9.17) is 18.5 Å². The molecule has 6 unspecified atom stereocenters. The van der Waals surface area contributed by atoms with Crippen molar-refractivity contribution in [2.75, 3.05) is 13.2 Å². The maximum atomic E-state index is 12.3. The minimum atomic E-state index is -5.05. The molecule has 0 aromatic rings. The lowest BCUT2D eigenvalue weighted by atomic mass is 9.85. The topological polar surface area (TPSA) is 210 Å². The Kier molecular flexibility index (Phi) is 12.9. The zero-order valence-corrected chi connectivity index (χ0v) is 19.6. The Labute approximate surface area is 191 Å². The highest BCUT2D eigenvalue weighted by Gasteiger charge is 2.51. The summed E-state index contributed by atoms with van der Waals surface area (Å²) >= 11 is 0. The second kappa shape index (κ2) is 14.3. The third-order valence-electron chi connectivity index (χ3n) is 4.95. The lowest BCUT2D eigenvalue weighted by Gasteiger charge is -2.41. The van der Waals surface area contributed by atoms with Crippen molar-refractivity contribution in [3.63, 3.8) is 0 Å². The van der Waals surface area contributed by atoms with E-state index in [9.17, 15) is 44.6 Å². The summed E-state index contributed by atoms with van der Waals surface area (Å²) in [5, 5.41) is 48.8. The van der Waals surface area contributed by atoms with E-state index in [1.807, 2.05) is 13.8 Å². The van der Waals surface area contributed by atoms with Crippen molar-refractivity contribution < 1.29 is 63.1 Å². The zero-order valence-electron chi connectivity index (χ0n) is 18.7. The molecule has 1 aliphatic carbocycles. The zero-order chi connectivity index (χ0) is 25.2. The van der Waals surface area contributed by atoms with Gasteiger partial charge in [0.15, 0.2) is 6.10 Å². The molecule has 14 heteroatoms. The maximum Gasteiger partial charge on any atom is 0.472 e. The van der Waals surface area contributed by atoms with Crippen LogP contribution in [0.3, 0.4) is 0 Å². The fraction of sp³-hybridized carbons (Fsp3) is 0.895. The molecule has 6 N–H and O–H groups in total. The van der Waals surface area contributed by atoms with Crippen LogP contribution in [0, 0.1) is 0 Å². The largest absolute Gasteiger partial charge is 0.472 e. The van der Waals surface area contributed by atoms with Crippen molar-refractivity contribution in [3.05, 3.63) is 0 Å². The van der Waals surface area contributed by atoms with Gasteiger partial charge in [-0.1, -0.05) is 26.7 Å². The highest BCUT2D eigenvalue weighted by molar-refractivity contribution is 7.47. The Morgan fingerprint density at radius 2 is 1.30 bits per heavy atom. The lowest BCUT2D eigenvalue weighted by molar-refractivity contribution is -0.220. The summed E-state index contributed by atoms with van der Waals surface area (Å²) in [5.41, 5.74) is 0. The number of phosphoric ester groups is 1. The molecule has 0 heterocycles. The molecule has 0 aromatic heterocycles. The van der Waals surface area contributed by atoms with E-state index in [1.54, 1.807) is 0 Å². The summed E-state index contributed by atoms with van der Waals surface area (Å²) in [4.78, 5) is 33.6. The van der Waals surface area contributed by atoms with Gasteiger partial charge in [-0.3, -0.25) is 18.6 Å². The van der Waals surface area contributed by atoms with Gasteiger partial charge in [-0.05, 0) is 12.8 Å². The summed E-state index contributed by atoms with van der Waals surface area (Å²) < 4.78 is 32.0. The van der Waals surface area contributed by atoms with Crippen LogP contribution in [0.4, 0.5) is 0 Å². The third-order valence-corrected chi connectivity index (χ3v) is 5.93. The van der Waals surface area contributed by atoms with Crippen molar-refractivity contribution in [1.82, 2.24) is 0 Å². The Morgan fingerprint density at radius 1 is 0.818 bits per heavy atom. The average molecular weight is 502 g/mol. The molecule has 33 heavy (non-hydrogen) atoms. The van der Waals surface area contributed by atoms with Crippen LogP contribution >= 0.6 is 7.82 Å². The number of unbranched alkanes of at least 4 members (excludes halogenated alkanes) is 2. The predicted octanol–water partition coefficient (Wildman–Crippen LogP) is -0.858. The standard InChI is InChI=1S/C19H35O13P/c1-3-5-7-12(20)29-9-11(31-13(21)8-6-4-2)10-30-33(27,28)32-19-17(25)15(23)14(22)16(24)18(19)26/h11,14-19,22-26H,3-10H2,1-2H3,(H,27,28). The van der Waals surface area contributed by atoms with Crippen LogP contribution in [-0.4, -0.2) is 98.3 Å². The molecule has 1 saturated carbocycles. The molecule has 6 atom stereocenters. The van der Waals surface area contributed by atoms with Gasteiger partial charge in [0.05, 0.1) is 6.61 Å². The number of esters is 2. The molecule has 1 fully saturated rings. The third kappa shape index (κ3) is 9.93. The molecule has 0 spiro atoms. The number of carbonyl (C=O) groups is 2. The first-order chi connectivity index (χ1) is 15.4. The van der Waals surface area contributed by atoms with E-state index in [0.29, 0.717) is 12.8 Å². The fourth-order valence-electron chi connectivity index (χ4n) is 2.94. The first kappa shape index (κ1) is 29.9. The molecule has 0 amide bonds. The fourth-order valence-corrected chi connectivity index (χ4v) is 3.92. The highest BCUT2D eigenvalue weighted by atomic mass is 31.2. The normalized spacial score (nSPS) is 30.3. The van der Waals surface area contributed by atoms with Gasteiger partial charge in [-0.15, -0.1) is 0 Å². The Bertz CT molecular complexity index is 644. The quantitative estimate of drug-likeness (QED) is 0.126. The molecule has 13 nitrogen and oxygen atoms in total. The van der Waals surface area contributed by atoms with E-state index < -0.39 is 75.7 Å². The number of aliphatic hydroxyl groups excluding tert-OH is 5. The Morgan fingerprint density at radius 3 is 1.82 bits per heavy atom. The van der Waals surface area contributed by atoms with Crippen LogP contribution < -0.4 is 0 Å². The highest BCUT2D eigenvalue weighted by Crippen LogP contribution is 2.47. The van der Waals surface area contributed by atoms with Crippen LogP contribution in [0.2, 0.25) is 0 Å². The van der Waals surface area contributed by atoms with Crippen molar-refractivity contribution in [2.24, 2.45) is 0 Å². The molecule has 0 saturated heterocycles. The number of ether oxygens (including phenoxy) is 2. The van der Waals surface area contributed by atoms with Gasteiger partial charge in [-0.2, -0.15) is 0 Å². The monoisotopic (exact) mass is 502 g/mol. The van der Waals surface area contributed by atoms with Gasteiger partial charge in [0.25, 0.3) is 0 Å². The molecule has 0 bridgehead atoms. The average Bonchev–Trinajstić information content (AvgIpc) is 2.78. The molecular formula is C19H35O13P. The molecule has 0 radical (unpaired) electrons. The van der Waals surface area contributed by atoms with Crippen LogP contribution in [0.25, 0.3) is 0 Å². The Balaban J connectivity index is 2.75. The van der Waals surface area contributed by atoms with Crippen LogP contribution in [0.5, 0.6) is 0 Å². The van der Waals surface area contributed by atoms with E-state index in [0.717, 1.165) is 12.8 Å². The van der Waals surface area contributed by atoms with Gasteiger partial charge in [-0.25, -0.2) is 4.57 Å². The van der Waals surface area contributed by atoms with Crippen molar-refractivity contribution in [1.29, 1.82) is 0 Å². The summed E-state index contributed by atoms with van der Waals surface area (Å²) in [6.45, 7) is 2.57. The summed E-state index contributed by atoms with van der Waals surface area (Å²) in [7, 11) is -5.05. The molecule has 1 rings (SSSR count). The summed E-state index contributed by atoms with van der Waals surface area (Å²) in [6.07, 6.45) is -10.3.